The molecule has 0 aliphatic rings. The molecule has 2 rings (SSSR count). The van der Waals surface area contributed by atoms with Gasteiger partial charge in [-0.05, 0) is 52.3 Å². The molecular formula is C15H14BrCl2NO2. The van der Waals surface area contributed by atoms with Crippen molar-refractivity contribution in [3.8, 4) is 5.75 Å². The first-order valence-corrected chi connectivity index (χ1v) is 7.76. The zero-order valence-corrected chi connectivity index (χ0v) is 14.3. The van der Waals surface area contributed by atoms with Crippen molar-refractivity contribution in [1.29, 1.82) is 0 Å². The van der Waals surface area contributed by atoms with Crippen LogP contribution in [0.15, 0.2) is 40.9 Å². The van der Waals surface area contributed by atoms with Crippen molar-refractivity contribution in [3.05, 3.63) is 56.5 Å². The monoisotopic (exact) mass is 389 g/mol. The predicted octanol–water partition coefficient (Wildman–Crippen LogP) is 4.91. The lowest BCUT2D eigenvalue weighted by Gasteiger charge is -2.15. The number of halogens is 3. The first-order chi connectivity index (χ1) is 10.0. The van der Waals surface area contributed by atoms with Gasteiger partial charge in [-0.25, -0.2) is 0 Å². The van der Waals surface area contributed by atoms with Gasteiger partial charge in [0.2, 0.25) is 0 Å². The van der Waals surface area contributed by atoms with Gasteiger partial charge in [-0.2, -0.15) is 0 Å². The molecule has 0 radical (unpaired) electrons. The molecule has 2 N–H and O–H groups in total. The Morgan fingerprint density at radius 2 is 2.00 bits per heavy atom. The fraction of sp³-hybridized carbons (Fsp3) is 0.200. The van der Waals surface area contributed by atoms with E-state index in [4.69, 9.17) is 27.9 Å². The zero-order valence-electron chi connectivity index (χ0n) is 11.2. The molecule has 2 aromatic rings. The van der Waals surface area contributed by atoms with E-state index in [-0.39, 0.29) is 0 Å². The second-order valence-corrected chi connectivity index (χ2v) is 6.11. The average Bonchev–Trinajstić information content (AvgIpc) is 2.47. The van der Waals surface area contributed by atoms with Gasteiger partial charge >= 0.3 is 0 Å². The van der Waals surface area contributed by atoms with E-state index >= 15 is 0 Å². The van der Waals surface area contributed by atoms with Gasteiger partial charge in [-0.1, -0.05) is 23.2 Å². The van der Waals surface area contributed by atoms with E-state index < -0.39 is 6.10 Å². The number of hydrogen-bond donors (Lipinski definition) is 2. The third-order valence-corrected chi connectivity index (χ3v) is 4.17. The number of anilines is 1. The second-order valence-electron chi connectivity index (χ2n) is 4.41. The van der Waals surface area contributed by atoms with Gasteiger partial charge in [0.1, 0.15) is 5.75 Å². The molecule has 0 aliphatic heterocycles. The Morgan fingerprint density at radius 1 is 1.24 bits per heavy atom. The number of benzene rings is 2. The van der Waals surface area contributed by atoms with Crippen molar-refractivity contribution in [2.24, 2.45) is 0 Å². The summed E-state index contributed by atoms with van der Waals surface area (Å²) < 4.78 is 6.01. The Kier molecular flexibility index (Phi) is 5.76. The van der Waals surface area contributed by atoms with Gasteiger partial charge in [-0.15, -0.1) is 0 Å². The Labute approximate surface area is 142 Å². The zero-order chi connectivity index (χ0) is 15.4. The summed E-state index contributed by atoms with van der Waals surface area (Å²) in [6.45, 7) is 0.318. The Hall–Kier alpha value is -0.940. The molecule has 0 spiro atoms. The maximum Gasteiger partial charge on any atom is 0.133 e. The van der Waals surface area contributed by atoms with Crippen molar-refractivity contribution in [3.63, 3.8) is 0 Å². The highest BCUT2D eigenvalue weighted by Crippen LogP contribution is 2.29. The van der Waals surface area contributed by atoms with E-state index in [9.17, 15) is 5.11 Å². The van der Waals surface area contributed by atoms with Crippen molar-refractivity contribution >= 4 is 44.8 Å². The van der Waals surface area contributed by atoms with E-state index in [0.29, 0.717) is 22.2 Å². The maximum absolute atomic E-state index is 10.2. The van der Waals surface area contributed by atoms with Crippen LogP contribution in [-0.2, 0) is 0 Å². The summed E-state index contributed by atoms with van der Waals surface area (Å²) in [4.78, 5) is 0. The molecule has 0 aromatic heterocycles. The molecule has 1 atom stereocenters. The van der Waals surface area contributed by atoms with Crippen molar-refractivity contribution in [1.82, 2.24) is 0 Å². The van der Waals surface area contributed by atoms with Crippen LogP contribution >= 0.6 is 39.1 Å². The molecule has 6 heteroatoms. The minimum absolute atomic E-state index is 0.318. The Balaban J connectivity index is 2.05. The average molecular weight is 391 g/mol. The van der Waals surface area contributed by atoms with Crippen molar-refractivity contribution in [2.45, 2.75) is 6.10 Å². The minimum atomic E-state index is -0.753. The molecule has 21 heavy (non-hydrogen) atoms. The second kappa shape index (κ2) is 7.36. The third kappa shape index (κ3) is 4.27. The summed E-state index contributed by atoms with van der Waals surface area (Å²) in [6.07, 6.45) is -0.753. The first-order valence-electron chi connectivity index (χ1n) is 6.21. The largest absolute Gasteiger partial charge is 0.496 e. The fourth-order valence-electron chi connectivity index (χ4n) is 1.87. The van der Waals surface area contributed by atoms with Crippen LogP contribution in [0.2, 0.25) is 10.0 Å². The van der Waals surface area contributed by atoms with Crippen molar-refractivity contribution in [2.75, 3.05) is 19.0 Å². The normalized spacial score (nSPS) is 12.0. The number of aliphatic hydroxyl groups is 1. The number of ether oxygens (including phenoxy) is 1. The van der Waals surface area contributed by atoms with Gasteiger partial charge in [0, 0.05) is 27.8 Å². The molecular weight excluding hydrogens is 377 g/mol. The van der Waals surface area contributed by atoms with E-state index in [1.165, 1.54) is 0 Å². The van der Waals surface area contributed by atoms with Crippen LogP contribution < -0.4 is 10.1 Å². The molecule has 0 fully saturated rings. The summed E-state index contributed by atoms with van der Waals surface area (Å²) in [6, 6.07) is 10.6. The van der Waals surface area contributed by atoms with Crippen LogP contribution in [0.4, 0.5) is 5.69 Å². The predicted molar refractivity (Wildman–Crippen MR) is 90.6 cm³/mol. The number of nitrogens with one attached hydrogen (secondary N) is 1. The number of aliphatic hydroxyl groups excluding tert-OH is 1. The molecule has 0 bridgehead atoms. The lowest BCUT2D eigenvalue weighted by atomic mass is 10.1. The third-order valence-electron chi connectivity index (χ3n) is 2.97. The molecule has 3 nitrogen and oxygen atoms in total. The molecule has 112 valence electrons. The van der Waals surface area contributed by atoms with E-state index in [1.807, 2.05) is 18.2 Å². The molecule has 0 aliphatic carbocycles. The quantitative estimate of drug-likeness (QED) is 0.761. The van der Waals surface area contributed by atoms with E-state index in [0.717, 1.165) is 15.9 Å². The van der Waals surface area contributed by atoms with Crippen LogP contribution in [0.25, 0.3) is 0 Å². The van der Waals surface area contributed by atoms with Crippen LogP contribution in [0.1, 0.15) is 11.7 Å². The highest BCUT2D eigenvalue weighted by atomic mass is 79.9. The van der Waals surface area contributed by atoms with Crippen LogP contribution in [-0.4, -0.2) is 18.8 Å². The summed E-state index contributed by atoms with van der Waals surface area (Å²) in [5.41, 5.74) is 1.46. The minimum Gasteiger partial charge on any atom is -0.496 e. The van der Waals surface area contributed by atoms with E-state index in [1.54, 1.807) is 25.3 Å². The molecule has 0 saturated carbocycles. The van der Waals surface area contributed by atoms with E-state index in [2.05, 4.69) is 21.2 Å². The highest BCUT2D eigenvalue weighted by molar-refractivity contribution is 9.10. The summed E-state index contributed by atoms with van der Waals surface area (Å²) in [5.74, 6) is 0.749. The number of methoxy groups -OCH3 is 1. The molecule has 1 unspecified atom stereocenters. The molecule has 0 amide bonds. The molecule has 0 heterocycles. The lowest BCUT2D eigenvalue weighted by Crippen LogP contribution is -2.12. The summed E-state index contributed by atoms with van der Waals surface area (Å²) >= 11 is 15.4. The Morgan fingerprint density at radius 3 is 2.67 bits per heavy atom. The van der Waals surface area contributed by atoms with Crippen LogP contribution in [0, 0.1) is 0 Å². The smallest absolute Gasteiger partial charge is 0.133 e. The summed E-state index contributed by atoms with van der Waals surface area (Å²) in [7, 11) is 1.61. The summed E-state index contributed by atoms with van der Waals surface area (Å²) in [5, 5.41) is 14.4. The van der Waals surface area contributed by atoms with Gasteiger partial charge < -0.3 is 15.2 Å². The first kappa shape index (κ1) is 16.4. The standard InChI is InChI=1S/C15H14BrCl2NO2/c1-21-15-5-3-10(7-12(15)16)19-8-14(20)11-6-9(17)2-4-13(11)18/h2-7,14,19-20H,8H2,1H3. The maximum atomic E-state index is 10.2. The van der Waals surface area contributed by atoms with Gasteiger partial charge in [0.15, 0.2) is 0 Å². The van der Waals surface area contributed by atoms with Crippen LogP contribution in [0.5, 0.6) is 5.75 Å². The van der Waals surface area contributed by atoms with Crippen LogP contribution in [0.3, 0.4) is 0 Å². The highest BCUT2D eigenvalue weighted by Gasteiger charge is 2.12. The fourth-order valence-corrected chi connectivity index (χ4v) is 2.84. The molecule has 2 aromatic carbocycles. The van der Waals surface area contributed by atoms with Gasteiger partial charge in [0.05, 0.1) is 17.7 Å². The van der Waals surface area contributed by atoms with Gasteiger partial charge in [0.25, 0.3) is 0 Å². The Bertz CT molecular complexity index is 637. The van der Waals surface area contributed by atoms with Gasteiger partial charge in [-0.3, -0.25) is 0 Å². The topological polar surface area (TPSA) is 41.5 Å². The number of rotatable bonds is 5. The molecule has 0 saturated heterocycles. The lowest BCUT2D eigenvalue weighted by molar-refractivity contribution is 0.192. The SMILES string of the molecule is COc1ccc(NCC(O)c2cc(Cl)ccc2Cl)cc1Br. The number of hydrogen-bond acceptors (Lipinski definition) is 3. The van der Waals surface area contributed by atoms with Crippen molar-refractivity contribution < 1.29 is 9.84 Å².